The Morgan fingerprint density at radius 3 is 2.20 bits per heavy atom. The fraction of sp³-hybridized carbons (Fsp3) is 0.714. The molecule has 0 aromatic rings. The number of hydrogen-bond acceptors (Lipinski definition) is 3. The summed E-state index contributed by atoms with van der Waals surface area (Å²) in [5, 5.41) is 8.42. The van der Waals surface area contributed by atoms with Crippen molar-refractivity contribution in [1.82, 2.24) is 0 Å². The fourth-order valence-electron chi connectivity index (χ4n) is 0.490. The standard InChI is InChI=1S/C7H11NO2/c1-5(2)7(4-8)10-6(3)9/h5,7H,1-3H3/t7-/m0/s1. The molecule has 0 spiro atoms. The molecule has 0 aliphatic heterocycles. The van der Waals surface area contributed by atoms with Gasteiger partial charge in [0.2, 0.25) is 0 Å². The van der Waals surface area contributed by atoms with Crippen molar-refractivity contribution in [3.05, 3.63) is 0 Å². The third-order valence-corrected chi connectivity index (χ3v) is 1.03. The van der Waals surface area contributed by atoms with E-state index in [0.717, 1.165) is 0 Å². The van der Waals surface area contributed by atoms with Gasteiger partial charge in [-0.1, -0.05) is 13.8 Å². The third-order valence-electron chi connectivity index (χ3n) is 1.03. The highest BCUT2D eigenvalue weighted by molar-refractivity contribution is 5.66. The van der Waals surface area contributed by atoms with Crippen LogP contribution in [0, 0.1) is 17.2 Å². The lowest BCUT2D eigenvalue weighted by Gasteiger charge is -2.11. The molecule has 1 atom stereocenters. The zero-order valence-electron chi connectivity index (χ0n) is 6.42. The summed E-state index contributed by atoms with van der Waals surface area (Å²) in [7, 11) is 0. The number of carbonyl (C=O) groups is 1. The lowest BCUT2D eigenvalue weighted by atomic mass is 10.1. The predicted octanol–water partition coefficient (Wildman–Crippen LogP) is 1.10. The minimum Gasteiger partial charge on any atom is -0.447 e. The Kier molecular flexibility index (Phi) is 3.48. The molecule has 56 valence electrons. The second-order valence-corrected chi connectivity index (χ2v) is 2.40. The van der Waals surface area contributed by atoms with Crippen molar-refractivity contribution in [2.45, 2.75) is 26.9 Å². The van der Waals surface area contributed by atoms with Crippen molar-refractivity contribution in [1.29, 1.82) is 5.26 Å². The summed E-state index contributed by atoms with van der Waals surface area (Å²) in [6.07, 6.45) is -0.600. The van der Waals surface area contributed by atoms with E-state index in [4.69, 9.17) is 5.26 Å². The first-order valence-electron chi connectivity index (χ1n) is 3.14. The van der Waals surface area contributed by atoms with Gasteiger partial charge in [0.1, 0.15) is 6.07 Å². The number of rotatable bonds is 2. The summed E-state index contributed by atoms with van der Waals surface area (Å²) < 4.78 is 4.66. The van der Waals surface area contributed by atoms with Gasteiger partial charge >= 0.3 is 5.97 Å². The first-order valence-corrected chi connectivity index (χ1v) is 3.14. The average molecular weight is 141 g/mol. The first kappa shape index (κ1) is 8.96. The number of hydrogen-bond donors (Lipinski definition) is 0. The second-order valence-electron chi connectivity index (χ2n) is 2.40. The summed E-state index contributed by atoms with van der Waals surface area (Å²) in [4.78, 5) is 10.3. The maximum absolute atomic E-state index is 10.3. The number of nitrogens with zero attached hydrogens (tertiary/aromatic N) is 1. The lowest BCUT2D eigenvalue weighted by Crippen LogP contribution is -2.19. The van der Waals surface area contributed by atoms with E-state index in [1.165, 1.54) is 6.92 Å². The first-order chi connectivity index (χ1) is 4.57. The van der Waals surface area contributed by atoms with Crippen molar-refractivity contribution in [2.24, 2.45) is 5.92 Å². The molecule has 0 N–H and O–H groups in total. The number of nitriles is 1. The van der Waals surface area contributed by atoms with Crippen LogP contribution in [-0.2, 0) is 9.53 Å². The molecule has 0 aromatic heterocycles. The van der Waals surface area contributed by atoms with Gasteiger partial charge in [-0.15, -0.1) is 0 Å². The molecule has 3 nitrogen and oxygen atoms in total. The van der Waals surface area contributed by atoms with Crippen LogP contribution in [0.1, 0.15) is 20.8 Å². The SMILES string of the molecule is CC(=O)O[C@@H](C#N)C(C)C. The lowest BCUT2D eigenvalue weighted by molar-refractivity contribution is -0.145. The van der Waals surface area contributed by atoms with Gasteiger partial charge in [-0.25, -0.2) is 0 Å². The molecule has 0 saturated carbocycles. The van der Waals surface area contributed by atoms with Crippen LogP contribution >= 0.6 is 0 Å². The van der Waals surface area contributed by atoms with Gasteiger partial charge in [0.25, 0.3) is 0 Å². The molecule has 0 fully saturated rings. The minimum absolute atomic E-state index is 0.0638. The quantitative estimate of drug-likeness (QED) is 0.541. The molecule has 10 heavy (non-hydrogen) atoms. The van der Waals surface area contributed by atoms with Crippen LogP contribution in [-0.4, -0.2) is 12.1 Å². The molecule has 3 heteroatoms. The van der Waals surface area contributed by atoms with E-state index in [-0.39, 0.29) is 5.92 Å². The Hall–Kier alpha value is -1.04. The molecule has 0 aliphatic rings. The Bertz CT molecular complexity index is 157. The Morgan fingerprint density at radius 2 is 2.10 bits per heavy atom. The van der Waals surface area contributed by atoms with Crippen LogP contribution in [0.5, 0.6) is 0 Å². The van der Waals surface area contributed by atoms with E-state index < -0.39 is 12.1 Å². The number of esters is 1. The van der Waals surface area contributed by atoms with Gasteiger partial charge in [-0.2, -0.15) is 5.26 Å². The molecule has 0 heterocycles. The monoisotopic (exact) mass is 141 g/mol. The molecule has 0 radical (unpaired) electrons. The van der Waals surface area contributed by atoms with Crippen molar-refractivity contribution in [2.75, 3.05) is 0 Å². The van der Waals surface area contributed by atoms with E-state index in [9.17, 15) is 4.79 Å². The fourth-order valence-corrected chi connectivity index (χ4v) is 0.490. The summed E-state index contributed by atoms with van der Waals surface area (Å²) in [5.74, 6) is -0.339. The van der Waals surface area contributed by atoms with E-state index in [0.29, 0.717) is 0 Å². The molecule has 0 aliphatic carbocycles. The highest BCUT2D eigenvalue weighted by atomic mass is 16.5. The molecule has 0 amide bonds. The van der Waals surface area contributed by atoms with Crippen molar-refractivity contribution in [3.63, 3.8) is 0 Å². The molecule has 0 unspecified atom stereocenters. The molecule has 0 saturated heterocycles. The molecular formula is C7H11NO2. The van der Waals surface area contributed by atoms with Crippen LogP contribution < -0.4 is 0 Å². The molecule has 0 aromatic carbocycles. The highest BCUT2D eigenvalue weighted by Crippen LogP contribution is 2.04. The normalized spacial score (nSPS) is 12.3. The summed E-state index contributed by atoms with van der Waals surface area (Å²) >= 11 is 0. The number of ether oxygens (including phenoxy) is 1. The van der Waals surface area contributed by atoms with Crippen LogP contribution in [0.4, 0.5) is 0 Å². The minimum atomic E-state index is -0.600. The van der Waals surface area contributed by atoms with Gasteiger partial charge in [0, 0.05) is 12.8 Å². The Balaban J connectivity index is 3.87. The van der Waals surface area contributed by atoms with Crippen molar-refractivity contribution in [3.8, 4) is 6.07 Å². The summed E-state index contributed by atoms with van der Waals surface area (Å²) in [5.41, 5.74) is 0. The van der Waals surface area contributed by atoms with Crippen LogP contribution in [0.15, 0.2) is 0 Å². The summed E-state index contributed by atoms with van der Waals surface area (Å²) in [6, 6.07) is 1.89. The van der Waals surface area contributed by atoms with Crippen LogP contribution in [0.2, 0.25) is 0 Å². The predicted molar refractivity (Wildman–Crippen MR) is 36.0 cm³/mol. The number of carbonyl (C=O) groups excluding carboxylic acids is 1. The average Bonchev–Trinajstić information content (AvgIpc) is 1.81. The van der Waals surface area contributed by atoms with Gasteiger partial charge in [0.15, 0.2) is 6.10 Å². The van der Waals surface area contributed by atoms with Gasteiger partial charge < -0.3 is 4.74 Å². The zero-order valence-corrected chi connectivity index (χ0v) is 6.42. The molecular weight excluding hydrogens is 130 g/mol. The summed E-state index contributed by atoms with van der Waals surface area (Å²) in [6.45, 7) is 4.96. The van der Waals surface area contributed by atoms with Crippen LogP contribution in [0.25, 0.3) is 0 Å². The van der Waals surface area contributed by atoms with Gasteiger partial charge in [0.05, 0.1) is 0 Å². The highest BCUT2D eigenvalue weighted by Gasteiger charge is 2.14. The Labute approximate surface area is 60.6 Å². The topological polar surface area (TPSA) is 50.1 Å². The van der Waals surface area contributed by atoms with Crippen LogP contribution in [0.3, 0.4) is 0 Å². The largest absolute Gasteiger partial charge is 0.447 e. The smallest absolute Gasteiger partial charge is 0.303 e. The maximum Gasteiger partial charge on any atom is 0.303 e. The molecule has 0 rings (SSSR count). The third kappa shape index (κ3) is 3.08. The van der Waals surface area contributed by atoms with Crippen molar-refractivity contribution < 1.29 is 9.53 Å². The second kappa shape index (κ2) is 3.89. The van der Waals surface area contributed by atoms with E-state index >= 15 is 0 Å². The zero-order chi connectivity index (χ0) is 8.15. The van der Waals surface area contributed by atoms with E-state index in [1.54, 1.807) is 0 Å². The van der Waals surface area contributed by atoms with Crippen molar-refractivity contribution >= 4 is 5.97 Å². The van der Waals surface area contributed by atoms with E-state index in [2.05, 4.69) is 4.74 Å². The van der Waals surface area contributed by atoms with Gasteiger partial charge in [-0.3, -0.25) is 4.79 Å². The maximum atomic E-state index is 10.3. The van der Waals surface area contributed by atoms with Gasteiger partial charge in [-0.05, 0) is 0 Å². The molecule has 0 bridgehead atoms. The Morgan fingerprint density at radius 1 is 1.60 bits per heavy atom. The van der Waals surface area contributed by atoms with E-state index in [1.807, 2.05) is 19.9 Å².